The number of fused-ring (bicyclic) bond motifs is 1. The second-order valence-corrected chi connectivity index (χ2v) is 6.30. The van der Waals surface area contributed by atoms with E-state index in [1.807, 2.05) is 6.92 Å². The Morgan fingerprint density at radius 3 is 2.59 bits per heavy atom. The van der Waals surface area contributed by atoms with Crippen molar-refractivity contribution in [1.29, 1.82) is 0 Å². The number of rotatable bonds is 7. The fraction of sp³-hybridized carbons (Fsp3) is 0.238. The standard InChI is InChI=1S/C21H21N3O5/c1-3-4-11-29-19(26)15-8-6-5-7-14(15)18(25)13-9-10-16-17(12-13)23-20(22-16)24-21(27)28-2/h5-10,12H,3-4,11H2,1-2H3,(H2,22,23,24,27). The lowest BCUT2D eigenvalue weighted by Gasteiger charge is -2.09. The zero-order valence-electron chi connectivity index (χ0n) is 16.2. The predicted octanol–water partition coefficient (Wildman–Crippen LogP) is 3.93. The van der Waals surface area contributed by atoms with Gasteiger partial charge in [-0.3, -0.25) is 10.1 Å². The van der Waals surface area contributed by atoms with E-state index in [1.54, 1.807) is 42.5 Å². The number of nitrogens with one attached hydrogen (secondary N) is 2. The molecule has 0 aliphatic heterocycles. The Morgan fingerprint density at radius 1 is 1.10 bits per heavy atom. The summed E-state index contributed by atoms with van der Waals surface area (Å²) in [5.41, 5.74) is 2.00. The zero-order chi connectivity index (χ0) is 20.8. The van der Waals surface area contributed by atoms with E-state index in [9.17, 15) is 14.4 Å². The van der Waals surface area contributed by atoms with Gasteiger partial charge in [-0.1, -0.05) is 31.5 Å². The largest absolute Gasteiger partial charge is 0.462 e. The lowest BCUT2D eigenvalue weighted by Crippen LogP contribution is -2.13. The third-order valence-corrected chi connectivity index (χ3v) is 4.27. The van der Waals surface area contributed by atoms with E-state index in [-0.39, 0.29) is 22.9 Å². The van der Waals surface area contributed by atoms with Gasteiger partial charge in [0, 0.05) is 11.1 Å². The van der Waals surface area contributed by atoms with Crippen LogP contribution in [0.1, 0.15) is 46.0 Å². The molecule has 1 amide bonds. The molecule has 0 spiro atoms. The first-order chi connectivity index (χ1) is 14.0. The fourth-order valence-electron chi connectivity index (χ4n) is 2.76. The Morgan fingerprint density at radius 2 is 1.86 bits per heavy atom. The van der Waals surface area contributed by atoms with Gasteiger partial charge in [-0.15, -0.1) is 0 Å². The van der Waals surface area contributed by atoms with E-state index >= 15 is 0 Å². The second-order valence-electron chi connectivity index (χ2n) is 6.30. The molecule has 0 radical (unpaired) electrons. The van der Waals surface area contributed by atoms with Crippen molar-refractivity contribution >= 4 is 34.8 Å². The maximum absolute atomic E-state index is 13.0. The van der Waals surface area contributed by atoms with Crippen LogP contribution in [0.2, 0.25) is 0 Å². The Bertz CT molecular complexity index is 1060. The van der Waals surface area contributed by atoms with Crippen molar-refractivity contribution < 1.29 is 23.9 Å². The Hall–Kier alpha value is -3.68. The van der Waals surface area contributed by atoms with Crippen LogP contribution in [0.3, 0.4) is 0 Å². The molecule has 1 heterocycles. The average Bonchev–Trinajstić information content (AvgIpc) is 3.14. The van der Waals surface area contributed by atoms with Gasteiger partial charge in [0.15, 0.2) is 5.78 Å². The topological polar surface area (TPSA) is 110 Å². The molecule has 0 unspecified atom stereocenters. The second kappa shape index (κ2) is 9.01. The summed E-state index contributed by atoms with van der Waals surface area (Å²) in [6, 6.07) is 11.5. The van der Waals surface area contributed by atoms with Crippen LogP contribution in [0.5, 0.6) is 0 Å². The number of H-pyrrole nitrogens is 1. The Balaban J connectivity index is 1.87. The van der Waals surface area contributed by atoms with Gasteiger partial charge in [-0.2, -0.15) is 0 Å². The van der Waals surface area contributed by atoms with Gasteiger partial charge in [-0.05, 0) is 30.7 Å². The molecule has 2 aromatic carbocycles. The van der Waals surface area contributed by atoms with E-state index in [0.29, 0.717) is 23.2 Å². The number of unbranched alkanes of at least 4 members (excludes halogenated alkanes) is 1. The number of hydrogen-bond acceptors (Lipinski definition) is 6. The summed E-state index contributed by atoms with van der Waals surface area (Å²) >= 11 is 0. The van der Waals surface area contributed by atoms with Crippen LogP contribution in [0, 0.1) is 0 Å². The molecule has 29 heavy (non-hydrogen) atoms. The summed E-state index contributed by atoms with van der Waals surface area (Å²) in [6.07, 6.45) is 1.02. The van der Waals surface area contributed by atoms with Crippen molar-refractivity contribution in [1.82, 2.24) is 9.97 Å². The first-order valence-electron chi connectivity index (χ1n) is 9.19. The van der Waals surface area contributed by atoms with Crippen LogP contribution in [0.15, 0.2) is 42.5 Å². The number of hydrogen-bond donors (Lipinski definition) is 2. The number of ether oxygens (including phenoxy) is 2. The van der Waals surface area contributed by atoms with Crippen molar-refractivity contribution in [2.45, 2.75) is 19.8 Å². The van der Waals surface area contributed by atoms with Crippen LogP contribution in [-0.2, 0) is 9.47 Å². The van der Waals surface area contributed by atoms with Gasteiger partial charge in [0.25, 0.3) is 0 Å². The zero-order valence-corrected chi connectivity index (χ0v) is 16.2. The number of methoxy groups -OCH3 is 1. The van der Waals surface area contributed by atoms with Crippen LogP contribution < -0.4 is 5.32 Å². The summed E-state index contributed by atoms with van der Waals surface area (Å²) < 4.78 is 9.79. The first-order valence-corrected chi connectivity index (χ1v) is 9.19. The SMILES string of the molecule is CCCCOC(=O)c1ccccc1C(=O)c1ccc2nc(NC(=O)OC)[nH]c2c1. The number of aromatic amines is 1. The van der Waals surface area contributed by atoms with Crippen LogP contribution in [-0.4, -0.2) is 41.5 Å². The van der Waals surface area contributed by atoms with Crippen LogP contribution >= 0.6 is 0 Å². The number of carbonyl (C=O) groups excluding carboxylic acids is 3. The molecule has 0 fully saturated rings. The summed E-state index contributed by atoms with van der Waals surface area (Å²) in [7, 11) is 1.25. The molecule has 0 saturated heterocycles. The molecule has 0 saturated carbocycles. The molecule has 8 nitrogen and oxygen atoms in total. The monoisotopic (exact) mass is 395 g/mol. The smallest absolute Gasteiger partial charge is 0.413 e. The molecule has 0 bridgehead atoms. The average molecular weight is 395 g/mol. The molecule has 0 atom stereocenters. The van der Waals surface area contributed by atoms with Gasteiger partial charge in [0.1, 0.15) is 0 Å². The molecule has 3 aromatic rings. The number of nitrogens with zero attached hydrogens (tertiary/aromatic N) is 1. The number of imidazole rings is 1. The Labute approximate surface area is 167 Å². The normalized spacial score (nSPS) is 10.6. The number of amides is 1. The minimum atomic E-state index is -0.657. The molecule has 2 N–H and O–H groups in total. The predicted molar refractivity (Wildman–Crippen MR) is 107 cm³/mol. The molecule has 3 rings (SSSR count). The van der Waals surface area contributed by atoms with E-state index in [0.717, 1.165) is 12.8 Å². The minimum Gasteiger partial charge on any atom is -0.462 e. The van der Waals surface area contributed by atoms with Crippen molar-refractivity contribution in [2.75, 3.05) is 19.0 Å². The van der Waals surface area contributed by atoms with Gasteiger partial charge in [0.2, 0.25) is 5.95 Å². The number of anilines is 1. The first kappa shape index (κ1) is 20.1. The van der Waals surface area contributed by atoms with Crippen LogP contribution in [0.4, 0.5) is 10.7 Å². The van der Waals surface area contributed by atoms with E-state index in [4.69, 9.17) is 4.74 Å². The lowest BCUT2D eigenvalue weighted by atomic mass is 9.98. The quantitative estimate of drug-likeness (QED) is 0.356. The molecular weight excluding hydrogens is 374 g/mol. The summed E-state index contributed by atoms with van der Waals surface area (Å²) in [5, 5.41) is 2.44. The van der Waals surface area contributed by atoms with Gasteiger partial charge in [0.05, 0.1) is 30.3 Å². The van der Waals surface area contributed by atoms with E-state index < -0.39 is 12.1 Å². The fourth-order valence-corrected chi connectivity index (χ4v) is 2.76. The number of esters is 1. The highest BCUT2D eigenvalue weighted by molar-refractivity contribution is 6.15. The summed E-state index contributed by atoms with van der Waals surface area (Å²) in [5.74, 6) is -0.627. The van der Waals surface area contributed by atoms with Crippen molar-refractivity contribution in [3.05, 3.63) is 59.2 Å². The van der Waals surface area contributed by atoms with Crippen LogP contribution in [0.25, 0.3) is 11.0 Å². The Kier molecular flexibility index (Phi) is 6.23. The molecule has 0 aliphatic rings. The minimum absolute atomic E-state index is 0.205. The highest BCUT2D eigenvalue weighted by Gasteiger charge is 2.20. The third-order valence-electron chi connectivity index (χ3n) is 4.27. The lowest BCUT2D eigenvalue weighted by molar-refractivity contribution is 0.0497. The highest BCUT2D eigenvalue weighted by atomic mass is 16.5. The molecule has 0 aliphatic carbocycles. The molecule has 150 valence electrons. The maximum Gasteiger partial charge on any atom is 0.413 e. The van der Waals surface area contributed by atoms with Gasteiger partial charge >= 0.3 is 12.1 Å². The van der Waals surface area contributed by atoms with Crippen molar-refractivity contribution in [3.63, 3.8) is 0 Å². The molecular formula is C21H21N3O5. The number of aromatic nitrogens is 2. The molecule has 8 heteroatoms. The highest BCUT2D eigenvalue weighted by Crippen LogP contribution is 2.21. The van der Waals surface area contributed by atoms with Crippen molar-refractivity contribution in [2.24, 2.45) is 0 Å². The molecule has 1 aromatic heterocycles. The van der Waals surface area contributed by atoms with Gasteiger partial charge in [-0.25, -0.2) is 14.6 Å². The van der Waals surface area contributed by atoms with Crippen molar-refractivity contribution in [3.8, 4) is 0 Å². The number of carbonyl (C=O) groups is 3. The number of benzene rings is 2. The third kappa shape index (κ3) is 4.60. The van der Waals surface area contributed by atoms with Gasteiger partial charge < -0.3 is 14.5 Å². The summed E-state index contributed by atoms with van der Waals surface area (Å²) in [4.78, 5) is 43.9. The number of ketones is 1. The van der Waals surface area contributed by atoms with E-state index in [1.165, 1.54) is 7.11 Å². The summed E-state index contributed by atoms with van der Waals surface area (Å²) in [6.45, 7) is 2.32. The van der Waals surface area contributed by atoms with E-state index in [2.05, 4.69) is 20.0 Å². The maximum atomic E-state index is 13.0.